The standard InChI is InChI=1S/C23H28N6O/c1-25-22-18(5-3-11-26-22)15-29-12-4-6-17(14-29)21-20(13-27-23(24)28-21)16-7-9-19(30-2)10-8-16/h3,5,7-11,13,17H,4,6,12,14-15H2,1-2H3,(H,25,26)(H2,24,27,28)/t17-/m0/s1. The minimum Gasteiger partial charge on any atom is -0.497 e. The lowest BCUT2D eigenvalue weighted by atomic mass is 9.89. The summed E-state index contributed by atoms with van der Waals surface area (Å²) in [7, 11) is 3.58. The number of aromatic nitrogens is 3. The third-order valence-electron chi connectivity index (χ3n) is 5.65. The van der Waals surface area contributed by atoms with Gasteiger partial charge in [-0.3, -0.25) is 4.90 Å². The molecule has 30 heavy (non-hydrogen) atoms. The Hall–Kier alpha value is -3.19. The Bertz CT molecular complexity index is 991. The number of hydrogen-bond donors (Lipinski definition) is 2. The Morgan fingerprint density at radius 1 is 1.20 bits per heavy atom. The number of piperidine rings is 1. The summed E-state index contributed by atoms with van der Waals surface area (Å²) in [5.74, 6) is 2.39. The van der Waals surface area contributed by atoms with Gasteiger partial charge < -0.3 is 15.8 Å². The summed E-state index contributed by atoms with van der Waals surface area (Å²) in [5, 5.41) is 3.19. The predicted octanol–water partition coefficient (Wildman–Crippen LogP) is 3.55. The highest BCUT2D eigenvalue weighted by atomic mass is 16.5. The summed E-state index contributed by atoms with van der Waals surface area (Å²) in [4.78, 5) is 15.9. The summed E-state index contributed by atoms with van der Waals surface area (Å²) in [6, 6.07) is 12.1. The molecule has 3 aromatic rings. The lowest BCUT2D eigenvalue weighted by Gasteiger charge is -2.33. The third kappa shape index (κ3) is 4.36. The van der Waals surface area contributed by atoms with Crippen LogP contribution >= 0.6 is 0 Å². The van der Waals surface area contributed by atoms with Crippen LogP contribution in [0, 0.1) is 0 Å². The van der Waals surface area contributed by atoms with Gasteiger partial charge in [0.15, 0.2) is 0 Å². The number of anilines is 2. The van der Waals surface area contributed by atoms with Gasteiger partial charge in [-0.25, -0.2) is 15.0 Å². The van der Waals surface area contributed by atoms with E-state index < -0.39 is 0 Å². The fourth-order valence-electron chi connectivity index (χ4n) is 4.17. The molecular formula is C23H28N6O. The van der Waals surface area contributed by atoms with Crippen LogP contribution in [0.1, 0.15) is 30.0 Å². The molecule has 1 atom stereocenters. The Labute approximate surface area is 177 Å². The molecule has 0 unspecified atom stereocenters. The number of ether oxygens (including phenoxy) is 1. The van der Waals surface area contributed by atoms with Crippen molar-refractivity contribution in [3.8, 4) is 16.9 Å². The molecule has 7 heteroatoms. The van der Waals surface area contributed by atoms with Gasteiger partial charge in [-0.15, -0.1) is 0 Å². The first-order valence-corrected chi connectivity index (χ1v) is 10.3. The summed E-state index contributed by atoms with van der Waals surface area (Å²) in [6.45, 7) is 2.85. The second-order valence-corrected chi connectivity index (χ2v) is 7.59. The molecule has 1 saturated heterocycles. The molecule has 3 heterocycles. The van der Waals surface area contributed by atoms with Crippen molar-refractivity contribution in [2.45, 2.75) is 25.3 Å². The molecule has 1 aliphatic heterocycles. The van der Waals surface area contributed by atoms with Crippen LogP contribution in [-0.2, 0) is 6.54 Å². The number of nitrogens with one attached hydrogen (secondary N) is 1. The smallest absolute Gasteiger partial charge is 0.220 e. The number of rotatable bonds is 6. The maximum Gasteiger partial charge on any atom is 0.220 e. The zero-order chi connectivity index (χ0) is 20.9. The predicted molar refractivity (Wildman–Crippen MR) is 119 cm³/mol. The minimum atomic E-state index is 0.302. The lowest BCUT2D eigenvalue weighted by molar-refractivity contribution is 0.199. The molecule has 1 aliphatic rings. The number of nitrogens with zero attached hydrogens (tertiary/aromatic N) is 4. The summed E-state index contributed by atoms with van der Waals surface area (Å²) < 4.78 is 5.29. The molecular weight excluding hydrogens is 376 g/mol. The van der Waals surface area contributed by atoms with E-state index in [-0.39, 0.29) is 0 Å². The van der Waals surface area contributed by atoms with Gasteiger partial charge in [0.05, 0.1) is 12.8 Å². The van der Waals surface area contributed by atoms with E-state index in [1.807, 2.05) is 49.8 Å². The molecule has 4 rings (SSSR count). The molecule has 1 fully saturated rings. The number of nitrogens with two attached hydrogens (primary N) is 1. The fourth-order valence-corrected chi connectivity index (χ4v) is 4.17. The van der Waals surface area contributed by atoms with E-state index >= 15 is 0 Å². The molecule has 156 valence electrons. The fraction of sp³-hybridized carbons (Fsp3) is 0.348. The number of pyridine rings is 1. The quantitative estimate of drug-likeness (QED) is 0.649. The molecule has 3 N–H and O–H groups in total. The number of nitrogen functional groups attached to an aromatic ring is 1. The van der Waals surface area contributed by atoms with Gasteiger partial charge in [-0.1, -0.05) is 18.2 Å². The van der Waals surface area contributed by atoms with Gasteiger partial charge in [0.25, 0.3) is 0 Å². The summed E-state index contributed by atoms with van der Waals surface area (Å²) in [6.07, 6.45) is 5.87. The second-order valence-electron chi connectivity index (χ2n) is 7.59. The van der Waals surface area contributed by atoms with E-state index in [1.165, 1.54) is 5.56 Å². The van der Waals surface area contributed by atoms with Crippen LogP contribution < -0.4 is 15.8 Å². The van der Waals surface area contributed by atoms with Crippen LogP contribution in [0.2, 0.25) is 0 Å². The molecule has 0 amide bonds. The van der Waals surface area contributed by atoms with Gasteiger partial charge in [0.2, 0.25) is 5.95 Å². The van der Waals surface area contributed by atoms with Gasteiger partial charge in [-0.05, 0) is 43.1 Å². The van der Waals surface area contributed by atoms with Crippen LogP contribution in [0.4, 0.5) is 11.8 Å². The maximum atomic E-state index is 5.98. The Balaban J connectivity index is 1.59. The molecule has 0 radical (unpaired) electrons. The number of methoxy groups -OCH3 is 1. The van der Waals surface area contributed by atoms with E-state index in [0.717, 1.165) is 60.9 Å². The van der Waals surface area contributed by atoms with Crippen LogP contribution in [0.3, 0.4) is 0 Å². The van der Waals surface area contributed by atoms with Crippen LogP contribution in [0.15, 0.2) is 48.8 Å². The molecule has 1 aromatic carbocycles. The van der Waals surface area contributed by atoms with Gasteiger partial charge >= 0.3 is 0 Å². The van der Waals surface area contributed by atoms with Gasteiger partial charge in [0, 0.05) is 49.6 Å². The van der Waals surface area contributed by atoms with Crippen molar-refractivity contribution in [1.29, 1.82) is 0 Å². The summed E-state index contributed by atoms with van der Waals surface area (Å²) >= 11 is 0. The summed E-state index contributed by atoms with van der Waals surface area (Å²) in [5.41, 5.74) is 10.3. The first-order chi connectivity index (χ1) is 14.7. The van der Waals surface area contributed by atoms with Crippen molar-refractivity contribution in [3.63, 3.8) is 0 Å². The SMILES string of the molecule is CNc1ncccc1CN1CCC[C@H](c2nc(N)ncc2-c2ccc(OC)cc2)C1. The minimum absolute atomic E-state index is 0.302. The zero-order valence-corrected chi connectivity index (χ0v) is 17.5. The van der Waals surface area contributed by atoms with Crippen molar-refractivity contribution in [2.24, 2.45) is 0 Å². The van der Waals surface area contributed by atoms with Gasteiger partial charge in [0.1, 0.15) is 11.6 Å². The first-order valence-electron chi connectivity index (χ1n) is 10.3. The monoisotopic (exact) mass is 404 g/mol. The van der Waals surface area contributed by atoms with Gasteiger partial charge in [-0.2, -0.15) is 0 Å². The zero-order valence-electron chi connectivity index (χ0n) is 17.5. The Kier molecular flexibility index (Phi) is 6.09. The van der Waals surface area contributed by atoms with Crippen molar-refractivity contribution in [1.82, 2.24) is 19.9 Å². The van der Waals surface area contributed by atoms with E-state index in [1.54, 1.807) is 7.11 Å². The molecule has 0 spiro atoms. The highest BCUT2D eigenvalue weighted by molar-refractivity contribution is 5.67. The van der Waals surface area contributed by atoms with Crippen molar-refractivity contribution >= 4 is 11.8 Å². The Morgan fingerprint density at radius 2 is 2.03 bits per heavy atom. The van der Waals surface area contributed by atoms with E-state index in [9.17, 15) is 0 Å². The average molecular weight is 405 g/mol. The highest BCUT2D eigenvalue weighted by Gasteiger charge is 2.26. The average Bonchev–Trinajstić information content (AvgIpc) is 2.80. The molecule has 2 aromatic heterocycles. The lowest BCUT2D eigenvalue weighted by Crippen LogP contribution is -2.34. The van der Waals surface area contributed by atoms with Crippen molar-refractivity contribution in [2.75, 3.05) is 38.3 Å². The molecule has 0 aliphatic carbocycles. The number of benzene rings is 1. The second kappa shape index (κ2) is 9.09. The van der Waals surface area contributed by atoms with E-state index in [0.29, 0.717) is 11.9 Å². The third-order valence-corrected chi connectivity index (χ3v) is 5.65. The van der Waals surface area contributed by atoms with Crippen LogP contribution in [-0.4, -0.2) is 47.1 Å². The van der Waals surface area contributed by atoms with Crippen LogP contribution in [0.25, 0.3) is 11.1 Å². The van der Waals surface area contributed by atoms with E-state index in [2.05, 4.69) is 31.2 Å². The van der Waals surface area contributed by atoms with Crippen LogP contribution in [0.5, 0.6) is 5.75 Å². The van der Waals surface area contributed by atoms with E-state index in [4.69, 9.17) is 10.5 Å². The topological polar surface area (TPSA) is 89.2 Å². The molecule has 7 nitrogen and oxygen atoms in total. The number of likely N-dealkylation sites (tertiary alicyclic amines) is 1. The normalized spacial score (nSPS) is 16.9. The van der Waals surface area contributed by atoms with Crippen molar-refractivity contribution in [3.05, 3.63) is 60.0 Å². The number of hydrogen-bond acceptors (Lipinski definition) is 7. The highest BCUT2D eigenvalue weighted by Crippen LogP contribution is 2.34. The molecule has 0 bridgehead atoms. The first kappa shape index (κ1) is 20.1. The Morgan fingerprint density at radius 3 is 2.80 bits per heavy atom. The largest absolute Gasteiger partial charge is 0.497 e. The molecule has 0 saturated carbocycles. The maximum absolute atomic E-state index is 5.98. The van der Waals surface area contributed by atoms with Crippen molar-refractivity contribution < 1.29 is 4.74 Å².